The number of thiazole rings is 1. The van der Waals surface area contributed by atoms with E-state index in [1.54, 1.807) is 11.3 Å². The van der Waals surface area contributed by atoms with Crippen molar-refractivity contribution in [3.63, 3.8) is 0 Å². The van der Waals surface area contributed by atoms with Gasteiger partial charge in [-0.25, -0.2) is 9.78 Å². The van der Waals surface area contributed by atoms with E-state index in [-0.39, 0.29) is 18.2 Å². The van der Waals surface area contributed by atoms with Gasteiger partial charge >= 0.3 is 6.09 Å². The van der Waals surface area contributed by atoms with Gasteiger partial charge in [0.2, 0.25) is 5.91 Å². The largest absolute Gasteiger partial charge is 0.445 e. The molecule has 3 aliphatic heterocycles. The molecule has 1 aromatic carbocycles. The molecular weight excluding hydrogens is 460 g/mol. The molecule has 4 aliphatic rings. The number of amides is 2. The monoisotopic (exact) mass is 494 g/mol. The fourth-order valence-electron chi connectivity index (χ4n) is 6.27. The third kappa shape index (κ3) is 4.77. The second-order valence-corrected chi connectivity index (χ2v) is 11.6. The lowest BCUT2D eigenvalue weighted by Gasteiger charge is -2.40. The maximum Gasteiger partial charge on any atom is 0.410 e. The second kappa shape index (κ2) is 9.80. The molecule has 1 aliphatic carbocycles. The number of ether oxygens (including phenoxy) is 1. The van der Waals surface area contributed by atoms with Crippen LogP contribution in [0, 0.1) is 5.92 Å². The lowest BCUT2D eigenvalue weighted by atomic mass is 10.0. The van der Waals surface area contributed by atoms with Gasteiger partial charge in [-0.05, 0) is 37.2 Å². The summed E-state index contributed by atoms with van der Waals surface area (Å²) in [6, 6.07) is 10.4. The van der Waals surface area contributed by atoms with E-state index in [2.05, 4.69) is 9.80 Å². The van der Waals surface area contributed by atoms with Gasteiger partial charge in [0, 0.05) is 49.4 Å². The van der Waals surface area contributed by atoms with Gasteiger partial charge in [-0.1, -0.05) is 54.5 Å². The first-order valence-electron chi connectivity index (χ1n) is 13.1. The Bertz CT molecular complexity index is 1050. The third-order valence-corrected chi connectivity index (χ3v) is 9.27. The van der Waals surface area contributed by atoms with Crippen LogP contribution in [0.5, 0.6) is 0 Å². The van der Waals surface area contributed by atoms with Crippen LogP contribution in [0.1, 0.15) is 61.1 Å². The minimum absolute atomic E-state index is 0.222. The molecule has 6 rings (SSSR count). The summed E-state index contributed by atoms with van der Waals surface area (Å²) in [7, 11) is 0. The Kier molecular flexibility index (Phi) is 6.39. The Balaban J connectivity index is 1.07. The van der Waals surface area contributed by atoms with Crippen LogP contribution in [0.3, 0.4) is 0 Å². The topological polar surface area (TPSA) is 66.0 Å². The molecule has 186 valence electrons. The molecule has 1 saturated carbocycles. The Morgan fingerprint density at radius 2 is 1.74 bits per heavy atom. The number of nitrogens with zero attached hydrogens (tertiary/aromatic N) is 4. The predicted molar refractivity (Wildman–Crippen MR) is 135 cm³/mol. The van der Waals surface area contributed by atoms with E-state index in [4.69, 9.17) is 9.72 Å². The first kappa shape index (κ1) is 22.8. The predicted octanol–water partition coefficient (Wildman–Crippen LogP) is 4.60. The van der Waals surface area contributed by atoms with Crippen molar-refractivity contribution in [1.29, 1.82) is 0 Å². The highest BCUT2D eigenvalue weighted by molar-refractivity contribution is 7.15. The van der Waals surface area contributed by atoms with Crippen LogP contribution >= 0.6 is 11.3 Å². The van der Waals surface area contributed by atoms with Crippen molar-refractivity contribution in [3.05, 3.63) is 46.5 Å². The van der Waals surface area contributed by atoms with E-state index >= 15 is 0 Å². The van der Waals surface area contributed by atoms with E-state index in [0.29, 0.717) is 44.5 Å². The van der Waals surface area contributed by atoms with Crippen molar-refractivity contribution in [2.45, 2.75) is 76.6 Å². The smallest absolute Gasteiger partial charge is 0.410 e. The summed E-state index contributed by atoms with van der Waals surface area (Å²) in [5.74, 6) is 0.910. The molecule has 0 radical (unpaired) electrons. The molecule has 7 nitrogen and oxygen atoms in total. The zero-order valence-electron chi connectivity index (χ0n) is 20.2. The van der Waals surface area contributed by atoms with Crippen LogP contribution in [0.15, 0.2) is 30.3 Å². The van der Waals surface area contributed by atoms with Crippen LogP contribution < -0.4 is 4.90 Å². The molecule has 2 unspecified atom stereocenters. The molecule has 2 bridgehead atoms. The van der Waals surface area contributed by atoms with Crippen molar-refractivity contribution in [3.8, 4) is 0 Å². The summed E-state index contributed by atoms with van der Waals surface area (Å²) in [5, 5.41) is 1.07. The second-order valence-electron chi connectivity index (χ2n) is 10.5. The van der Waals surface area contributed by atoms with Gasteiger partial charge in [0.15, 0.2) is 5.13 Å². The van der Waals surface area contributed by atoms with Gasteiger partial charge in [0.25, 0.3) is 0 Å². The van der Waals surface area contributed by atoms with Crippen LogP contribution in [-0.4, -0.2) is 58.5 Å². The first-order chi connectivity index (χ1) is 17.1. The van der Waals surface area contributed by atoms with Crippen LogP contribution in [0.25, 0.3) is 0 Å². The minimum Gasteiger partial charge on any atom is -0.445 e. The molecule has 2 saturated heterocycles. The molecule has 2 aromatic rings. The Labute approximate surface area is 211 Å². The van der Waals surface area contributed by atoms with E-state index in [0.717, 1.165) is 36.5 Å². The number of aromatic nitrogens is 1. The van der Waals surface area contributed by atoms with Crippen molar-refractivity contribution in [2.24, 2.45) is 5.92 Å². The van der Waals surface area contributed by atoms with Gasteiger partial charge in [-0.3, -0.25) is 4.79 Å². The highest BCUT2D eigenvalue weighted by atomic mass is 32.1. The van der Waals surface area contributed by atoms with Crippen LogP contribution in [0.2, 0.25) is 0 Å². The lowest BCUT2D eigenvalue weighted by molar-refractivity contribution is -0.133. The minimum atomic E-state index is -0.222. The average molecular weight is 495 g/mol. The molecule has 2 atom stereocenters. The number of likely N-dealkylation sites (tertiary alicyclic amines) is 1. The highest BCUT2D eigenvalue weighted by Crippen LogP contribution is 2.40. The molecule has 8 heteroatoms. The molecule has 1 aromatic heterocycles. The zero-order valence-corrected chi connectivity index (χ0v) is 21.0. The summed E-state index contributed by atoms with van der Waals surface area (Å²) >= 11 is 1.76. The van der Waals surface area contributed by atoms with Gasteiger partial charge < -0.3 is 19.4 Å². The summed E-state index contributed by atoms with van der Waals surface area (Å²) in [6.45, 7) is 3.17. The van der Waals surface area contributed by atoms with Gasteiger partial charge in [-0.15, -0.1) is 0 Å². The number of hydrogen-bond donors (Lipinski definition) is 0. The number of fused-ring (bicyclic) bond motifs is 3. The normalized spacial score (nSPS) is 24.1. The van der Waals surface area contributed by atoms with Crippen molar-refractivity contribution < 1.29 is 14.3 Å². The van der Waals surface area contributed by atoms with Gasteiger partial charge in [0.1, 0.15) is 6.61 Å². The van der Waals surface area contributed by atoms with E-state index < -0.39 is 0 Å². The number of piperazine rings is 1. The Morgan fingerprint density at radius 3 is 2.49 bits per heavy atom. The summed E-state index contributed by atoms with van der Waals surface area (Å²) in [6.07, 6.45) is 8.47. The fraction of sp³-hybridized carbons (Fsp3) is 0.593. The number of hydrogen-bond acceptors (Lipinski definition) is 6. The van der Waals surface area contributed by atoms with Crippen LogP contribution in [0.4, 0.5) is 9.93 Å². The number of rotatable bonds is 5. The maximum atomic E-state index is 12.9. The number of carbonyl (C=O) groups is 2. The highest BCUT2D eigenvalue weighted by Gasteiger charge is 2.43. The Hall–Kier alpha value is -2.61. The van der Waals surface area contributed by atoms with E-state index in [1.807, 2.05) is 35.2 Å². The van der Waals surface area contributed by atoms with Crippen molar-refractivity contribution in [1.82, 2.24) is 14.8 Å². The van der Waals surface area contributed by atoms with Crippen LogP contribution in [-0.2, 0) is 29.1 Å². The fourth-order valence-corrected chi connectivity index (χ4v) is 7.54. The molecule has 3 fully saturated rings. The molecule has 2 amide bonds. The summed E-state index contributed by atoms with van der Waals surface area (Å²) in [4.78, 5) is 38.3. The summed E-state index contributed by atoms with van der Waals surface area (Å²) < 4.78 is 5.60. The summed E-state index contributed by atoms with van der Waals surface area (Å²) in [5.41, 5.74) is 2.17. The molecular formula is C27H34N4O3S. The van der Waals surface area contributed by atoms with E-state index in [1.165, 1.54) is 36.3 Å². The molecule has 4 heterocycles. The van der Waals surface area contributed by atoms with Gasteiger partial charge in [-0.2, -0.15) is 0 Å². The quantitative estimate of drug-likeness (QED) is 0.608. The number of anilines is 1. The zero-order chi connectivity index (χ0) is 23.8. The first-order valence-corrected chi connectivity index (χ1v) is 14.0. The SMILES string of the molecule is O=C(CC1CCCC1)N1CCc2nc(N3C4CCC3CN(C(=O)OCc3ccccc3)C4)sc2C1. The lowest BCUT2D eigenvalue weighted by Crippen LogP contribution is -2.55. The standard InChI is InChI=1S/C27H34N4O3S/c32-25(14-19-6-4-5-7-19)29-13-12-23-24(17-29)35-26(28-23)31-21-10-11-22(31)16-30(15-21)27(33)34-18-20-8-2-1-3-9-20/h1-3,8-9,19,21-22H,4-7,10-18H2. The average Bonchev–Trinajstić information content (AvgIpc) is 3.60. The molecule has 35 heavy (non-hydrogen) atoms. The number of carbonyl (C=O) groups excluding carboxylic acids is 2. The molecule has 0 spiro atoms. The van der Waals surface area contributed by atoms with Gasteiger partial charge in [0.05, 0.1) is 12.2 Å². The third-order valence-electron chi connectivity index (χ3n) is 8.18. The van der Waals surface area contributed by atoms with E-state index in [9.17, 15) is 9.59 Å². The van der Waals surface area contributed by atoms with Crippen molar-refractivity contribution >= 4 is 28.5 Å². The van der Waals surface area contributed by atoms with Crippen molar-refractivity contribution in [2.75, 3.05) is 24.5 Å². The maximum absolute atomic E-state index is 12.9. The Morgan fingerprint density at radius 1 is 1.00 bits per heavy atom. The number of benzene rings is 1. The molecule has 0 N–H and O–H groups in total.